The van der Waals surface area contributed by atoms with Crippen molar-refractivity contribution in [2.45, 2.75) is 6.42 Å². The minimum Gasteiger partial charge on any atom is -0.493 e. The van der Waals surface area contributed by atoms with Crippen molar-refractivity contribution in [2.75, 3.05) is 0 Å². The molecule has 25 heavy (non-hydrogen) atoms. The van der Waals surface area contributed by atoms with Crippen molar-refractivity contribution >= 4 is 50.8 Å². The Balaban J connectivity index is 2.03. The minimum absolute atomic E-state index is 0.0893. The summed E-state index contributed by atoms with van der Waals surface area (Å²) in [6.07, 6.45) is 4.30. The number of thiazole rings is 1. The molecule has 6 heteroatoms. The number of fused-ring (bicyclic) bond motifs is 1. The van der Waals surface area contributed by atoms with Crippen LogP contribution in [0, 0.1) is 0 Å². The van der Waals surface area contributed by atoms with Crippen molar-refractivity contribution in [2.24, 2.45) is 4.99 Å². The van der Waals surface area contributed by atoms with E-state index in [1.54, 1.807) is 6.21 Å². The fourth-order valence-electron chi connectivity index (χ4n) is 2.95. The molecule has 0 amide bonds. The molecular formula is C19H13BrN2O2S. The maximum atomic E-state index is 11.7. The van der Waals surface area contributed by atoms with Gasteiger partial charge in [-0.1, -0.05) is 57.6 Å². The Morgan fingerprint density at radius 1 is 1.20 bits per heavy atom. The number of aromatic hydroxyl groups is 1. The van der Waals surface area contributed by atoms with Gasteiger partial charge < -0.3 is 5.11 Å². The third-order valence-electron chi connectivity index (χ3n) is 4.09. The highest BCUT2D eigenvalue weighted by molar-refractivity contribution is 9.10. The standard InChI is InChI=1S/C19H13BrN2O2S/c20-15-6-2-1-4-11(15)10-14(17-18(23)22-19(24)25-17)12-5-3-7-16-13(12)8-9-21-16/h1-9,23H,10H2,(H,22,24). The van der Waals surface area contributed by atoms with E-state index in [4.69, 9.17) is 0 Å². The first-order valence-corrected chi connectivity index (χ1v) is 9.27. The lowest BCUT2D eigenvalue weighted by atomic mass is 10.00. The number of hydrogen-bond donors (Lipinski definition) is 2. The fourth-order valence-corrected chi connectivity index (χ4v) is 4.16. The highest BCUT2D eigenvalue weighted by atomic mass is 79.9. The van der Waals surface area contributed by atoms with E-state index in [0.29, 0.717) is 11.3 Å². The molecular weight excluding hydrogens is 400 g/mol. The quantitative estimate of drug-likeness (QED) is 0.694. The summed E-state index contributed by atoms with van der Waals surface area (Å²) in [7, 11) is 0. The van der Waals surface area contributed by atoms with Gasteiger partial charge in [0.05, 0.1) is 10.6 Å². The Hall–Kier alpha value is -2.44. The Morgan fingerprint density at radius 2 is 2.04 bits per heavy atom. The van der Waals surface area contributed by atoms with Crippen LogP contribution in [0.5, 0.6) is 5.88 Å². The number of aromatic nitrogens is 1. The third kappa shape index (κ3) is 2.99. The summed E-state index contributed by atoms with van der Waals surface area (Å²) in [6.45, 7) is 0. The number of nitrogens with zero attached hydrogens (tertiary/aromatic N) is 1. The van der Waals surface area contributed by atoms with Crippen molar-refractivity contribution < 1.29 is 5.11 Å². The zero-order chi connectivity index (χ0) is 17.4. The SMILES string of the molecule is O=c1[nH]c(O)c(C(Cc2ccccc2Br)=c2cccc3c2=CC=N3)s1. The fraction of sp³-hybridized carbons (Fsp3) is 0.0526. The third-order valence-corrected chi connectivity index (χ3v) is 5.80. The molecule has 2 heterocycles. The molecule has 0 unspecified atom stereocenters. The lowest BCUT2D eigenvalue weighted by molar-refractivity contribution is 0.454. The van der Waals surface area contributed by atoms with Gasteiger partial charge in [-0.2, -0.15) is 0 Å². The van der Waals surface area contributed by atoms with E-state index in [2.05, 4.69) is 25.9 Å². The Bertz CT molecular complexity index is 1170. The van der Waals surface area contributed by atoms with Crippen molar-refractivity contribution in [3.05, 3.63) is 77.5 Å². The van der Waals surface area contributed by atoms with Gasteiger partial charge in [-0.3, -0.25) is 14.8 Å². The predicted octanol–water partition coefficient (Wildman–Crippen LogP) is 2.84. The average molecular weight is 413 g/mol. The van der Waals surface area contributed by atoms with Crippen molar-refractivity contribution in [1.82, 2.24) is 4.98 Å². The Morgan fingerprint density at radius 3 is 2.80 bits per heavy atom. The van der Waals surface area contributed by atoms with E-state index < -0.39 is 0 Å². The van der Waals surface area contributed by atoms with E-state index in [9.17, 15) is 9.90 Å². The first-order valence-electron chi connectivity index (χ1n) is 7.66. The molecule has 1 aromatic heterocycles. The number of aliphatic imine (C=N–C) groups is 1. The molecule has 4 nitrogen and oxygen atoms in total. The zero-order valence-electron chi connectivity index (χ0n) is 13.0. The topological polar surface area (TPSA) is 65.5 Å². The molecule has 2 aromatic carbocycles. The maximum absolute atomic E-state index is 11.7. The monoisotopic (exact) mass is 412 g/mol. The molecule has 0 saturated heterocycles. The second-order valence-corrected chi connectivity index (χ2v) is 7.46. The largest absolute Gasteiger partial charge is 0.493 e. The Kier molecular flexibility index (Phi) is 4.15. The van der Waals surface area contributed by atoms with Crippen LogP contribution in [0.25, 0.3) is 11.6 Å². The van der Waals surface area contributed by atoms with Gasteiger partial charge >= 0.3 is 4.87 Å². The molecule has 0 bridgehead atoms. The number of nitrogens with one attached hydrogen (secondary N) is 1. The number of hydrogen-bond acceptors (Lipinski definition) is 4. The van der Waals surface area contributed by atoms with Crippen LogP contribution in [0.4, 0.5) is 5.69 Å². The molecule has 0 saturated carbocycles. The van der Waals surface area contributed by atoms with Crippen molar-refractivity contribution in [3.8, 4) is 5.88 Å². The van der Waals surface area contributed by atoms with E-state index in [0.717, 1.165) is 43.1 Å². The summed E-state index contributed by atoms with van der Waals surface area (Å²) >= 11 is 4.60. The smallest absolute Gasteiger partial charge is 0.307 e. The molecule has 2 N–H and O–H groups in total. The summed E-state index contributed by atoms with van der Waals surface area (Å²) < 4.78 is 0.989. The average Bonchev–Trinajstić information content (AvgIpc) is 3.20. The minimum atomic E-state index is -0.273. The summed E-state index contributed by atoms with van der Waals surface area (Å²) in [5.41, 5.74) is 2.87. The second-order valence-electron chi connectivity index (χ2n) is 5.62. The van der Waals surface area contributed by atoms with Crippen LogP contribution in [0.3, 0.4) is 0 Å². The first kappa shape index (κ1) is 16.1. The molecule has 1 aliphatic rings. The molecule has 0 radical (unpaired) electrons. The number of rotatable bonds is 3. The normalized spacial score (nSPS) is 13.5. The Labute approximate surface area is 155 Å². The molecule has 0 fully saturated rings. The molecule has 1 aliphatic heterocycles. The van der Waals surface area contributed by atoms with Crippen molar-refractivity contribution in [3.63, 3.8) is 0 Å². The number of H-pyrrole nitrogens is 1. The van der Waals surface area contributed by atoms with E-state index in [1.165, 1.54) is 0 Å². The number of aromatic amines is 1. The van der Waals surface area contributed by atoms with Crippen LogP contribution < -0.4 is 15.3 Å². The molecule has 124 valence electrons. The van der Waals surface area contributed by atoms with Gasteiger partial charge in [-0.25, -0.2) is 0 Å². The van der Waals surface area contributed by atoms with Crippen LogP contribution in [0.15, 0.2) is 56.7 Å². The molecule has 0 atom stereocenters. The van der Waals surface area contributed by atoms with Gasteiger partial charge in [0.1, 0.15) is 0 Å². The van der Waals surface area contributed by atoms with Gasteiger partial charge in [-0.15, -0.1) is 0 Å². The summed E-state index contributed by atoms with van der Waals surface area (Å²) in [5, 5.41) is 12.2. The highest BCUT2D eigenvalue weighted by Gasteiger charge is 2.16. The van der Waals surface area contributed by atoms with Crippen LogP contribution in [-0.2, 0) is 6.42 Å². The van der Waals surface area contributed by atoms with Crippen LogP contribution >= 0.6 is 27.3 Å². The molecule has 0 aliphatic carbocycles. The summed E-state index contributed by atoms with van der Waals surface area (Å²) in [5.74, 6) is -0.0893. The predicted molar refractivity (Wildman–Crippen MR) is 105 cm³/mol. The summed E-state index contributed by atoms with van der Waals surface area (Å²) in [6, 6.07) is 13.8. The van der Waals surface area contributed by atoms with Gasteiger partial charge in [0.15, 0.2) is 0 Å². The summed E-state index contributed by atoms with van der Waals surface area (Å²) in [4.78, 5) is 18.9. The lowest BCUT2D eigenvalue weighted by Gasteiger charge is -2.09. The second kappa shape index (κ2) is 6.46. The van der Waals surface area contributed by atoms with Crippen LogP contribution in [0.2, 0.25) is 0 Å². The number of halogens is 1. The molecule has 3 aromatic rings. The number of benzene rings is 2. The van der Waals surface area contributed by atoms with Crippen LogP contribution in [0.1, 0.15) is 10.4 Å². The van der Waals surface area contributed by atoms with Gasteiger partial charge in [0.25, 0.3) is 0 Å². The van der Waals surface area contributed by atoms with Crippen LogP contribution in [-0.4, -0.2) is 16.3 Å². The first-order chi connectivity index (χ1) is 12.1. The van der Waals surface area contributed by atoms with Crippen molar-refractivity contribution in [1.29, 1.82) is 0 Å². The molecule has 4 rings (SSSR count). The van der Waals surface area contributed by atoms with E-state index in [-0.39, 0.29) is 10.8 Å². The highest BCUT2D eigenvalue weighted by Crippen LogP contribution is 2.29. The van der Waals surface area contributed by atoms with Gasteiger partial charge in [0.2, 0.25) is 5.88 Å². The van der Waals surface area contributed by atoms with Gasteiger partial charge in [-0.05, 0) is 34.6 Å². The van der Waals surface area contributed by atoms with Gasteiger partial charge in [0, 0.05) is 22.3 Å². The zero-order valence-corrected chi connectivity index (χ0v) is 15.4. The maximum Gasteiger partial charge on any atom is 0.307 e. The molecule has 0 spiro atoms. The van der Waals surface area contributed by atoms with E-state index >= 15 is 0 Å². The van der Waals surface area contributed by atoms with E-state index in [1.807, 2.05) is 48.5 Å². The lowest BCUT2D eigenvalue weighted by Crippen LogP contribution is -2.27.